The van der Waals surface area contributed by atoms with E-state index >= 15 is 0 Å². The van der Waals surface area contributed by atoms with Gasteiger partial charge < -0.3 is 4.74 Å². The van der Waals surface area contributed by atoms with Crippen molar-refractivity contribution in [3.63, 3.8) is 0 Å². The Bertz CT molecular complexity index is 645. The van der Waals surface area contributed by atoms with Gasteiger partial charge in [-0.05, 0) is 47.0 Å². The Morgan fingerprint density at radius 2 is 2.23 bits per heavy atom. The molecule has 2 aromatic rings. The summed E-state index contributed by atoms with van der Waals surface area (Å²) in [6.45, 7) is 4.06. The summed E-state index contributed by atoms with van der Waals surface area (Å²) in [7, 11) is 0. The largest absolute Gasteiger partial charge is 0.483 e. The van der Waals surface area contributed by atoms with Gasteiger partial charge in [-0.3, -0.25) is 10.1 Å². The molecule has 5 nitrogen and oxygen atoms in total. The number of halogens is 1. The summed E-state index contributed by atoms with van der Waals surface area (Å²) in [5, 5.41) is 12.2. The minimum absolute atomic E-state index is 0.0640. The van der Waals surface area contributed by atoms with E-state index in [0.29, 0.717) is 10.9 Å². The summed E-state index contributed by atoms with van der Waals surface area (Å²) in [6.07, 6.45) is 3.09. The highest BCUT2D eigenvalue weighted by atomic mass is 79.9. The van der Waals surface area contributed by atoms with Crippen LogP contribution in [0.2, 0.25) is 0 Å². The van der Waals surface area contributed by atoms with E-state index in [9.17, 15) is 4.79 Å². The van der Waals surface area contributed by atoms with Crippen LogP contribution in [0.3, 0.4) is 0 Å². The molecule has 0 radical (unpaired) electrons. The number of aryl methyl sites for hydroxylation is 2. The molecular weight excluding hydrogens is 366 g/mol. The Kier molecular flexibility index (Phi) is 6.33. The van der Waals surface area contributed by atoms with E-state index in [1.54, 1.807) is 0 Å². The van der Waals surface area contributed by atoms with Crippen molar-refractivity contribution >= 4 is 38.3 Å². The first-order valence-electron chi connectivity index (χ1n) is 7.09. The van der Waals surface area contributed by atoms with Crippen LogP contribution in [0.1, 0.15) is 30.3 Å². The van der Waals surface area contributed by atoms with Gasteiger partial charge >= 0.3 is 0 Å². The predicted octanol–water partition coefficient (Wildman–Crippen LogP) is 3.97. The molecule has 118 valence electrons. The lowest BCUT2D eigenvalue weighted by atomic mass is 10.2. The van der Waals surface area contributed by atoms with E-state index in [1.807, 2.05) is 25.1 Å². The molecule has 0 aliphatic carbocycles. The molecule has 1 heterocycles. The summed E-state index contributed by atoms with van der Waals surface area (Å²) in [4.78, 5) is 11.9. The van der Waals surface area contributed by atoms with Crippen LogP contribution >= 0.6 is 27.3 Å². The third kappa shape index (κ3) is 5.06. The fourth-order valence-corrected chi connectivity index (χ4v) is 3.16. The highest BCUT2D eigenvalue weighted by molar-refractivity contribution is 9.10. The van der Waals surface area contributed by atoms with Crippen molar-refractivity contribution in [2.75, 3.05) is 11.9 Å². The van der Waals surface area contributed by atoms with E-state index in [0.717, 1.165) is 34.3 Å². The minimum Gasteiger partial charge on any atom is -0.483 e. The van der Waals surface area contributed by atoms with Crippen molar-refractivity contribution in [2.45, 2.75) is 33.1 Å². The number of ether oxygens (including phenoxy) is 1. The first-order valence-corrected chi connectivity index (χ1v) is 8.70. The molecule has 0 atom stereocenters. The molecule has 0 saturated carbocycles. The number of hydrogen-bond donors (Lipinski definition) is 1. The average Bonchev–Trinajstić information content (AvgIpc) is 2.91. The fraction of sp³-hybridized carbons (Fsp3) is 0.400. The molecule has 7 heteroatoms. The fourth-order valence-electron chi connectivity index (χ4n) is 1.75. The Morgan fingerprint density at radius 3 is 2.95 bits per heavy atom. The normalized spacial score (nSPS) is 10.5. The Balaban J connectivity index is 1.83. The van der Waals surface area contributed by atoms with Crippen LogP contribution in [0.4, 0.5) is 5.13 Å². The van der Waals surface area contributed by atoms with E-state index in [2.05, 4.69) is 38.4 Å². The molecule has 2 rings (SSSR count). The van der Waals surface area contributed by atoms with Crippen LogP contribution in [0, 0.1) is 6.92 Å². The van der Waals surface area contributed by atoms with E-state index in [-0.39, 0.29) is 12.5 Å². The Hall–Kier alpha value is -1.47. The van der Waals surface area contributed by atoms with Crippen molar-refractivity contribution < 1.29 is 9.53 Å². The highest BCUT2D eigenvalue weighted by Gasteiger charge is 2.10. The zero-order valence-corrected chi connectivity index (χ0v) is 15.0. The van der Waals surface area contributed by atoms with Crippen molar-refractivity contribution in [1.82, 2.24) is 10.2 Å². The SMILES string of the molecule is CCCCc1nnc(NC(=O)COc2ccc(C)cc2Br)s1. The summed E-state index contributed by atoms with van der Waals surface area (Å²) in [6, 6.07) is 5.71. The predicted molar refractivity (Wildman–Crippen MR) is 91.5 cm³/mol. The van der Waals surface area contributed by atoms with Crippen LogP contribution in [-0.4, -0.2) is 22.7 Å². The van der Waals surface area contributed by atoms with Crippen LogP contribution in [0.25, 0.3) is 0 Å². The van der Waals surface area contributed by atoms with Crippen molar-refractivity contribution in [3.8, 4) is 5.75 Å². The van der Waals surface area contributed by atoms with Gasteiger partial charge in [-0.25, -0.2) is 0 Å². The molecule has 0 aliphatic heterocycles. The minimum atomic E-state index is -0.245. The molecule has 0 spiro atoms. The number of carbonyl (C=O) groups is 1. The van der Waals surface area contributed by atoms with Crippen LogP contribution in [0.5, 0.6) is 5.75 Å². The number of amides is 1. The first kappa shape index (κ1) is 16.9. The Labute approximate surface area is 142 Å². The monoisotopic (exact) mass is 383 g/mol. The lowest BCUT2D eigenvalue weighted by Gasteiger charge is -2.08. The molecule has 0 bridgehead atoms. The van der Waals surface area contributed by atoms with Gasteiger partial charge in [0.25, 0.3) is 5.91 Å². The lowest BCUT2D eigenvalue weighted by Crippen LogP contribution is -2.20. The van der Waals surface area contributed by atoms with Gasteiger partial charge in [-0.15, -0.1) is 10.2 Å². The molecule has 0 aliphatic rings. The van der Waals surface area contributed by atoms with Crippen LogP contribution in [-0.2, 0) is 11.2 Å². The average molecular weight is 384 g/mol. The number of rotatable bonds is 7. The molecule has 1 amide bonds. The maximum atomic E-state index is 11.9. The summed E-state index contributed by atoms with van der Waals surface area (Å²) in [5.41, 5.74) is 1.12. The van der Waals surface area contributed by atoms with Crippen molar-refractivity contribution in [1.29, 1.82) is 0 Å². The van der Waals surface area contributed by atoms with Crippen molar-refractivity contribution in [2.24, 2.45) is 0 Å². The second kappa shape index (κ2) is 8.24. The smallest absolute Gasteiger partial charge is 0.264 e. The number of aromatic nitrogens is 2. The number of nitrogens with one attached hydrogen (secondary N) is 1. The number of unbranched alkanes of at least 4 members (excludes halogenated alkanes) is 1. The molecule has 1 aromatic carbocycles. The molecule has 1 N–H and O–H groups in total. The zero-order chi connectivity index (χ0) is 15.9. The quantitative estimate of drug-likeness (QED) is 0.785. The Morgan fingerprint density at radius 1 is 1.41 bits per heavy atom. The van der Waals surface area contributed by atoms with E-state index in [4.69, 9.17) is 4.74 Å². The van der Waals surface area contributed by atoms with E-state index < -0.39 is 0 Å². The van der Waals surface area contributed by atoms with Gasteiger partial charge in [0.2, 0.25) is 5.13 Å². The second-order valence-electron chi connectivity index (χ2n) is 4.88. The number of nitrogens with zero attached hydrogens (tertiary/aromatic N) is 2. The third-order valence-corrected chi connectivity index (χ3v) is 4.42. The van der Waals surface area contributed by atoms with Gasteiger partial charge in [-0.2, -0.15) is 0 Å². The number of hydrogen-bond acceptors (Lipinski definition) is 5. The van der Waals surface area contributed by atoms with Gasteiger partial charge in [-0.1, -0.05) is 30.7 Å². The second-order valence-corrected chi connectivity index (χ2v) is 6.79. The summed E-state index contributed by atoms with van der Waals surface area (Å²) >= 11 is 4.82. The zero-order valence-electron chi connectivity index (χ0n) is 12.6. The highest BCUT2D eigenvalue weighted by Crippen LogP contribution is 2.25. The van der Waals surface area contributed by atoms with Gasteiger partial charge in [0, 0.05) is 6.42 Å². The van der Waals surface area contributed by atoms with Gasteiger partial charge in [0.05, 0.1) is 4.47 Å². The maximum absolute atomic E-state index is 11.9. The van der Waals surface area contributed by atoms with Gasteiger partial charge in [0.15, 0.2) is 6.61 Å². The maximum Gasteiger partial charge on any atom is 0.264 e. The number of carbonyl (C=O) groups excluding carboxylic acids is 1. The summed E-state index contributed by atoms with van der Waals surface area (Å²) < 4.78 is 6.33. The molecule has 0 fully saturated rings. The van der Waals surface area contributed by atoms with Crippen molar-refractivity contribution in [3.05, 3.63) is 33.2 Å². The van der Waals surface area contributed by atoms with Crippen LogP contribution in [0.15, 0.2) is 22.7 Å². The van der Waals surface area contributed by atoms with E-state index in [1.165, 1.54) is 11.3 Å². The lowest BCUT2D eigenvalue weighted by molar-refractivity contribution is -0.118. The standard InChI is InChI=1S/C15H18BrN3O2S/c1-3-4-5-14-18-19-15(22-14)17-13(20)9-21-12-7-6-10(2)8-11(12)16/h6-8H,3-5,9H2,1-2H3,(H,17,19,20). The topological polar surface area (TPSA) is 64.1 Å². The first-order chi connectivity index (χ1) is 10.6. The van der Waals surface area contributed by atoms with Gasteiger partial charge in [0.1, 0.15) is 10.8 Å². The van der Waals surface area contributed by atoms with Crippen LogP contribution < -0.4 is 10.1 Å². The molecular formula is C15H18BrN3O2S. The molecule has 1 aromatic heterocycles. The number of benzene rings is 1. The molecule has 22 heavy (non-hydrogen) atoms. The molecule has 0 unspecified atom stereocenters. The number of anilines is 1. The third-order valence-electron chi connectivity index (χ3n) is 2.90. The molecule has 0 saturated heterocycles. The summed E-state index contributed by atoms with van der Waals surface area (Å²) in [5.74, 6) is 0.396.